The first-order chi connectivity index (χ1) is 9.63. The number of aromatic hydroxyl groups is 1. The van der Waals surface area contributed by atoms with Crippen molar-refractivity contribution in [2.75, 3.05) is 12.4 Å². The van der Waals surface area contributed by atoms with E-state index < -0.39 is 0 Å². The van der Waals surface area contributed by atoms with Crippen molar-refractivity contribution < 1.29 is 9.84 Å². The molecule has 0 aliphatic carbocycles. The summed E-state index contributed by atoms with van der Waals surface area (Å²) in [6.07, 6.45) is 0.955. The fraction of sp³-hybridized carbons (Fsp3) is 0.250. The number of methoxy groups -OCH3 is 1. The van der Waals surface area contributed by atoms with Gasteiger partial charge in [-0.2, -0.15) is 0 Å². The maximum Gasteiger partial charge on any atom is 0.124 e. The Morgan fingerprint density at radius 3 is 2.60 bits per heavy atom. The van der Waals surface area contributed by atoms with E-state index >= 15 is 0 Å². The Kier molecular flexibility index (Phi) is 4.90. The third-order valence-corrected chi connectivity index (χ3v) is 3.70. The Morgan fingerprint density at radius 2 is 1.95 bits per heavy atom. The van der Waals surface area contributed by atoms with Crippen molar-refractivity contribution >= 4 is 21.6 Å². The average Bonchev–Trinajstić information content (AvgIpc) is 2.46. The second-order valence-corrected chi connectivity index (χ2v) is 5.42. The second-order valence-electron chi connectivity index (χ2n) is 4.50. The quantitative estimate of drug-likeness (QED) is 0.854. The zero-order chi connectivity index (χ0) is 14.5. The number of rotatable bonds is 5. The van der Waals surface area contributed by atoms with Crippen LogP contribution in [0.2, 0.25) is 0 Å². The molecule has 0 fully saturated rings. The Labute approximate surface area is 127 Å². The molecule has 4 heteroatoms. The van der Waals surface area contributed by atoms with Gasteiger partial charge in [-0.3, -0.25) is 0 Å². The highest BCUT2D eigenvalue weighted by Gasteiger charge is 2.05. The van der Waals surface area contributed by atoms with Gasteiger partial charge in [-0.05, 0) is 42.3 Å². The smallest absolute Gasteiger partial charge is 0.124 e. The minimum absolute atomic E-state index is 0.243. The normalized spacial score (nSPS) is 10.3. The highest BCUT2D eigenvalue weighted by molar-refractivity contribution is 9.10. The molecule has 2 aromatic rings. The Hall–Kier alpha value is -1.68. The predicted molar refractivity (Wildman–Crippen MR) is 85.5 cm³/mol. The lowest BCUT2D eigenvalue weighted by molar-refractivity contribution is 0.406. The van der Waals surface area contributed by atoms with Gasteiger partial charge in [0, 0.05) is 28.3 Å². The number of aryl methyl sites for hydroxylation is 1. The number of hydrogen-bond donors (Lipinski definition) is 2. The summed E-state index contributed by atoms with van der Waals surface area (Å²) in [7, 11) is 1.59. The summed E-state index contributed by atoms with van der Waals surface area (Å²) in [5.41, 5.74) is 3.18. The molecule has 0 radical (unpaired) electrons. The molecule has 3 nitrogen and oxygen atoms in total. The van der Waals surface area contributed by atoms with E-state index in [1.807, 2.05) is 24.3 Å². The van der Waals surface area contributed by atoms with Crippen molar-refractivity contribution in [2.24, 2.45) is 0 Å². The SMILES string of the molecule is CCc1cc(Br)ccc1NCc1ccc(OC)cc1O. The number of ether oxygens (including phenoxy) is 1. The zero-order valence-corrected chi connectivity index (χ0v) is 13.2. The molecule has 2 aromatic carbocycles. The van der Waals surface area contributed by atoms with E-state index in [1.54, 1.807) is 13.2 Å². The standard InChI is InChI=1S/C16H18BrNO2/c1-3-11-8-13(17)5-7-15(11)18-10-12-4-6-14(20-2)9-16(12)19/h4-9,18-19H,3,10H2,1-2H3. The monoisotopic (exact) mass is 335 g/mol. The highest BCUT2D eigenvalue weighted by Crippen LogP contribution is 2.26. The van der Waals surface area contributed by atoms with Gasteiger partial charge in [-0.15, -0.1) is 0 Å². The van der Waals surface area contributed by atoms with Crippen molar-refractivity contribution in [1.82, 2.24) is 0 Å². The first kappa shape index (κ1) is 14.7. The van der Waals surface area contributed by atoms with Crippen molar-refractivity contribution in [3.8, 4) is 11.5 Å². The van der Waals surface area contributed by atoms with E-state index in [2.05, 4.69) is 34.2 Å². The van der Waals surface area contributed by atoms with Crippen LogP contribution in [0.3, 0.4) is 0 Å². The van der Waals surface area contributed by atoms with Crippen LogP contribution in [-0.4, -0.2) is 12.2 Å². The molecule has 0 saturated heterocycles. The number of anilines is 1. The van der Waals surface area contributed by atoms with Crippen LogP contribution in [0.1, 0.15) is 18.1 Å². The molecule has 0 atom stereocenters. The van der Waals surface area contributed by atoms with Gasteiger partial charge in [0.1, 0.15) is 11.5 Å². The lowest BCUT2D eigenvalue weighted by Gasteiger charge is -2.13. The first-order valence-electron chi connectivity index (χ1n) is 6.52. The predicted octanol–water partition coefficient (Wildman–Crippen LogP) is 4.34. The molecule has 2 rings (SSSR count). The molecule has 0 aromatic heterocycles. The maximum absolute atomic E-state index is 9.94. The number of benzene rings is 2. The number of phenolic OH excluding ortho intramolecular Hbond substituents is 1. The van der Waals surface area contributed by atoms with Crippen molar-refractivity contribution in [3.63, 3.8) is 0 Å². The summed E-state index contributed by atoms with van der Waals surface area (Å²) in [5, 5.41) is 13.3. The molecule has 0 amide bonds. The van der Waals surface area contributed by atoms with E-state index in [9.17, 15) is 5.11 Å². The Bertz CT molecular complexity index is 599. The molecule has 106 valence electrons. The van der Waals surface area contributed by atoms with Crippen LogP contribution in [0.25, 0.3) is 0 Å². The van der Waals surface area contributed by atoms with E-state index in [-0.39, 0.29) is 5.75 Å². The largest absolute Gasteiger partial charge is 0.507 e. The lowest BCUT2D eigenvalue weighted by Crippen LogP contribution is -2.02. The summed E-state index contributed by atoms with van der Waals surface area (Å²) in [6, 6.07) is 11.5. The van der Waals surface area contributed by atoms with Gasteiger partial charge < -0.3 is 15.2 Å². The number of phenols is 1. The topological polar surface area (TPSA) is 41.5 Å². The second kappa shape index (κ2) is 6.66. The molecule has 0 spiro atoms. The van der Waals surface area contributed by atoms with Crippen LogP contribution in [0.15, 0.2) is 40.9 Å². The van der Waals surface area contributed by atoms with Crippen molar-refractivity contribution in [3.05, 3.63) is 52.0 Å². The molecular formula is C16H18BrNO2. The van der Waals surface area contributed by atoms with Gasteiger partial charge in [0.25, 0.3) is 0 Å². The number of halogens is 1. The van der Waals surface area contributed by atoms with Crippen LogP contribution >= 0.6 is 15.9 Å². The van der Waals surface area contributed by atoms with E-state index in [4.69, 9.17) is 4.74 Å². The minimum atomic E-state index is 0.243. The van der Waals surface area contributed by atoms with E-state index in [0.717, 1.165) is 22.1 Å². The van der Waals surface area contributed by atoms with Gasteiger partial charge in [0.05, 0.1) is 7.11 Å². The van der Waals surface area contributed by atoms with Crippen LogP contribution in [0.4, 0.5) is 5.69 Å². The summed E-state index contributed by atoms with van der Waals surface area (Å²) in [4.78, 5) is 0. The Balaban J connectivity index is 2.12. The van der Waals surface area contributed by atoms with E-state index in [1.165, 1.54) is 5.56 Å². The molecular weight excluding hydrogens is 318 g/mol. The van der Waals surface area contributed by atoms with Crippen LogP contribution in [0, 0.1) is 0 Å². The molecule has 0 aliphatic heterocycles. The maximum atomic E-state index is 9.94. The van der Waals surface area contributed by atoms with Gasteiger partial charge in [0.15, 0.2) is 0 Å². The average molecular weight is 336 g/mol. The molecule has 0 heterocycles. The van der Waals surface area contributed by atoms with Crippen molar-refractivity contribution in [2.45, 2.75) is 19.9 Å². The van der Waals surface area contributed by atoms with Gasteiger partial charge >= 0.3 is 0 Å². The van der Waals surface area contributed by atoms with Crippen molar-refractivity contribution in [1.29, 1.82) is 0 Å². The van der Waals surface area contributed by atoms with Gasteiger partial charge in [-0.1, -0.05) is 22.9 Å². The molecule has 0 bridgehead atoms. The van der Waals surface area contributed by atoms with E-state index in [0.29, 0.717) is 12.3 Å². The van der Waals surface area contributed by atoms with Crippen LogP contribution in [0.5, 0.6) is 11.5 Å². The van der Waals surface area contributed by atoms with Crippen LogP contribution < -0.4 is 10.1 Å². The minimum Gasteiger partial charge on any atom is -0.507 e. The van der Waals surface area contributed by atoms with Crippen LogP contribution in [-0.2, 0) is 13.0 Å². The molecule has 0 saturated carbocycles. The molecule has 20 heavy (non-hydrogen) atoms. The third kappa shape index (κ3) is 3.45. The molecule has 0 unspecified atom stereocenters. The summed E-state index contributed by atoms with van der Waals surface area (Å²) in [5.74, 6) is 0.899. The summed E-state index contributed by atoms with van der Waals surface area (Å²) >= 11 is 3.48. The molecule has 2 N–H and O–H groups in total. The third-order valence-electron chi connectivity index (χ3n) is 3.21. The van der Waals surface area contributed by atoms with Gasteiger partial charge in [0.2, 0.25) is 0 Å². The number of nitrogens with one attached hydrogen (secondary N) is 1. The first-order valence-corrected chi connectivity index (χ1v) is 7.31. The fourth-order valence-electron chi connectivity index (χ4n) is 2.04. The molecule has 0 aliphatic rings. The van der Waals surface area contributed by atoms with Gasteiger partial charge in [-0.25, -0.2) is 0 Å². The zero-order valence-electron chi connectivity index (χ0n) is 11.6. The fourth-order valence-corrected chi connectivity index (χ4v) is 2.45. The lowest BCUT2D eigenvalue weighted by atomic mass is 10.1. The summed E-state index contributed by atoms with van der Waals surface area (Å²) < 4.78 is 6.15. The Morgan fingerprint density at radius 1 is 1.15 bits per heavy atom. The number of hydrogen-bond acceptors (Lipinski definition) is 3. The highest BCUT2D eigenvalue weighted by atomic mass is 79.9. The summed E-state index contributed by atoms with van der Waals surface area (Å²) in [6.45, 7) is 2.70.